The highest BCUT2D eigenvalue weighted by molar-refractivity contribution is 5.97. The Labute approximate surface area is 158 Å². The van der Waals surface area contributed by atoms with Crippen LogP contribution in [0, 0.1) is 0 Å². The van der Waals surface area contributed by atoms with Gasteiger partial charge in [-0.3, -0.25) is 14.0 Å². The maximum atomic E-state index is 12.8. The van der Waals surface area contributed by atoms with Crippen LogP contribution < -0.4 is 10.9 Å². The first-order valence-corrected chi connectivity index (χ1v) is 9.39. The largest absolute Gasteiger partial charge is 0.464 e. The van der Waals surface area contributed by atoms with E-state index in [9.17, 15) is 14.4 Å². The van der Waals surface area contributed by atoms with E-state index in [0.717, 1.165) is 25.7 Å². The maximum Gasteiger partial charge on any atom is 0.331 e. The molecule has 0 bridgehead atoms. The molecule has 2 rings (SSSR count). The normalized spacial score (nSPS) is 13.1. The molecule has 2 aromatic rings. The minimum Gasteiger partial charge on any atom is -0.464 e. The summed E-state index contributed by atoms with van der Waals surface area (Å²) < 4.78 is 6.45. The zero-order chi connectivity index (χ0) is 19.9. The molecule has 27 heavy (non-hydrogen) atoms. The Kier molecular flexibility index (Phi) is 7.10. The van der Waals surface area contributed by atoms with Crippen LogP contribution in [0.25, 0.3) is 5.65 Å². The zero-order valence-corrected chi connectivity index (χ0v) is 16.2. The number of pyridine rings is 1. The molecular weight excluding hydrogens is 346 g/mol. The maximum absolute atomic E-state index is 12.8. The van der Waals surface area contributed by atoms with Crippen LogP contribution in [0.2, 0.25) is 0 Å². The first-order chi connectivity index (χ1) is 12.9. The van der Waals surface area contributed by atoms with Crippen LogP contribution in [0.5, 0.6) is 0 Å². The van der Waals surface area contributed by atoms with Gasteiger partial charge in [-0.05, 0) is 32.4 Å². The quantitative estimate of drug-likeness (QED) is 0.539. The third kappa shape index (κ3) is 4.93. The number of hydrogen-bond donors (Lipinski definition) is 1. The molecule has 0 fully saturated rings. The molecule has 0 aromatic carbocycles. The Balaban J connectivity index is 2.25. The van der Waals surface area contributed by atoms with Crippen LogP contribution in [0.4, 0.5) is 0 Å². The van der Waals surface area contributed by atoms with Gasteiger partial charge in [-0.2, -0.15) is 0 Å². The Hall–Kier alpha value is -2.70. The van der Waals surface area contributed by atoms with Crippen molar-refractivity contribution in [1.82, 2.24) is 14.7 Å². The van der Waals surface area contributed by atoms with E-state index in [1.165, 1.54) is 10.6 Å². The van der Waals surface area contributed by atoms with Gasteiger partial charge in [0.05, 0.1) is 6.61 Å². The Morgan fingerprint density at radius 2 is 2.00 bits per heavy atom. The summed E-state index contributed by atoms with van der Waals surface area (Å²) in [5.74, 6) is -1.12. The number of carbonyl (C=O) groups excluding carboxylic acids is 2. The first kappa shape index (κ1) is 20.6. The second-order valence-electron chi connectivity index (χ2n) is 6.72. The molecule has 146 valence electrons. The number of nitrogens with one attached hydrogen (secondary N) is 1. The van der Waals surface area contributed by atoms with Crippen molar-refractivity contribution >= 4 is 17.5 Å². The lowest BCUT2D eigenvalue weighted by Gasteiger charge is -2.28. The van der Waals surface area contributed by atoms with Gasteiger partial charge in [0.1, 0.15) is 16.7 Å². The molecule has 1 N–H and O–H groups in total. The van der Waals surface area contributed by atoms with Crippen molar-refractivity contribution in [1.29, 1.82) is 0 Å². The summed E-state index contributed by atoms with van der Waals surface area (Å²) in [6.07, 6.45) is 7.11. The van der Waals surface area contributed by atoms with Crippen LogP contribution in [-0.2, 0) is 9.53 Å². The molecule has 0 radical (unpaired) electrons. The van der Waals surface area contributed by atoms with E-state index < -0.39 is 23.0 Å². The van der Waals surface area contributed by atoms with E-state index in [2.05, 4.69) is 17.2 Å². The van der Waals surface area contributed by atoms with Gasteiger partial charge in [0.15, 0.2) is 0 Å². The molecule has 7 heteroatoms. The van der Waals surface area contributed by atoms with E-state index in [1.54, 1.807) is 38.2 Å². The Morgan fingerprint density at radius 1 is 1.22 bits per heavy atom. The van der Waals surface area contributed by atoms with Gasteiger partial charge in [0.25, 0.3) is 11.5 Å². The smallest absolute Gasteiger partial charge is 0.331 e. The van der Waals surface area contributed by atoms with Crippen molar-refractivity contribution < 1.29 is 14.3 Å². The highest BCUT2D eigenvalue weighted by Gasteiger charge is 2.36. The van der Waals surface area contributed by atoms with E-state index in [1.807, 2.05) is 0 Å². The van der Waals surface area contributed by atoms with E-state index in [-0.39, 0.29) is 12.2 Å². The number of nitrogens with zero attached hydrogens (tertiary/aromatic N) is 2. The molecule has 0 aliphatic rings. The fourth-order valence-electron chi connectivity index (χ4n) is 2.91. The van der Waals surface area contributed by atoms with Crippen LogP contribution in [0.1, 0.15) is 63.2 Å². The molecule has 2 heterocycles. The number of rotatable bonds is 9. The topological polar surface area (TPSA) is 89.8 Å². The molecule has 0 aliphatic heterocycles. The monoisotopic (exact) mass is 373 g/mol. The molecular formula is C20H27N3O4. The summed E-state index contributed by atoms with van der Waals surface area (Å²) in [6.45, 7) is 5.68. The average molecular weight is 373 g/mol. The number of unbranched alkanes of at least 4 members (excludes halogenated alkanes) is 3. The minimum absolute atomic E-state index is 0.109. The molecule has 1 atom stereocenters. The first-order valence-electron chi connectivity index (χ1n) is 9.39. The molecule has 1 amide bonds. The summed E-state index contributed by atoms with van der Waals surface area (Å²) in [4.78, 5) is 42.0. The van der Waals surface area contributed by atoms with Crippen molar-refractivity contribution in [3.8, 4) is 0 Å². The number of hydrogen-bond acceptors (Lipinski definition) is 5. The number of amides is 1. The Morgan fingerprint density at radius 3 is 2.70 bits per heavy atom. The fraction of sp³-hybridized carbons (Fsp3) is 0.500. The van der Waals surface area contributed by atoms with Gasteiger partial charge < -0.3 is 10.1 Å². The van der Waals surface area contributed by atoms with Gasteiger partial charge >= 0.3 is 5.97 Å². The van der Waals surface area contributed by atoms with Gasteiger partial charge in [0, 0.05) is 12.4 Å². The third-order valence-corrected chi connectivity index (χ3v) is 4.50. The van der Waals surface area contributed by atoms with E-state index >= 15 is 0 Å². The molecule has 1 unspecified atom stereocenters. The van der Waals surface area contributed by atoms with E-state index in [4.69, 9.17) is 4.74 Å². The van der Waals surface area contributed by atoms with Crippen molar-refractivity contribution in [2.45, 2.75) is 58.4 Å². The highest BCUT2D eigenvalue weighted by atomic mass is 16.5. The fourth-order valence-corrected chi connectivity index (χ4v) is 2.91. The van der Waals surface area contributed by atoms with Gasteiger partial charge in [-0.1, -0.05) is 38.7 Å². The standard InChI is InChI=1S/C20H27N3O4/c1-4-6-7-9-12-20(3,19(26)27-5-2)22-17(24)15-14-21-16-11-8-10-13-23(16)18(15)25/h8,10-11,13-14H,4-7,9,12H2,1-3H3,(H,22,24). The molecule has 2 aromatic heterocycles. The summed E-state index contributed by atoms with van der Waals surface area (Å²) in [5, 5.41) is 2.71. The van der Waals surface area contributed by atoms with Crippen molar-refractivity contribution in [2.24, 2.45) is 0 Å². The van der Waals surface area contributed by atoms with Crippen molar-refractivity contribution in [3.63, 3.8) is 0 Å². The van der Waals surface area contributed by atoms with Crippen LogP contribution in [-0.4, -0.2) is 33.4 Å². The highest BCUT2D eigenvalue weighted by Crippen LogP contribution is 2.18. The lowest BCUT2D eigenvalue weighted by Crippen LogP contribution is -2.54. The van der Waals surface area contributed by atoms with Gasteiger partial charge in [0.2, 0.25) is 0 Å². The molecule has 0 spiro atoms. The summed E-state index contributed by atoms with van der Waals surface area (Å²) in [6, 6.07) is 5.13. The van der Waals surface area contributed by atoms with Crippen LogP contribution in [0.3, 0.4) is 0 Å². The molecule has 0 saturated carbocycles. The summed E-state index contributed by atoms with van der Waals surface area (Å²) in [7, 11) is 0. The number of carbonyl (C=O) groups is 2. The van der Waals surface area contributed by atoms with Crippen molar-refractivity contribution in [3.05, 3.63) is 46.5 Å². The van der Waals surface area contributed by atoms with Crippen LogP contribution in [0.15, 0.2) is 35.4 Å². The minimum atomic E-state index is -1.19. The predicted octanol–water partition coefficient (Wildman–Crippen LogP) is 2.72. The predicted molar refractivity (Wildman–Crippen MR) is 103 cm³/mol. The lowest BCUT2D eigenvalue weighted by atomic mass is 9.93. The summed E-state index contributed by atoms with van der Waals surface area (Å²) in [5.41, 5.74) is -1.33. The molecule has 0 saturated heterocycles. The van der Waals surface area contributed by atoms with Crippen LogP contribution >= 0.6 is 0 Å². The zero-order valence-electron chi connectivity index (χ0n) is 16.2. The SMILES string of the molecule is CCCCCCC(C)(NC(=O)c1cnc2ccccn2c1=O)C(=O)OCC. The summed E-state index contributed by atoms with van der Waals surface area (Å²) >= 11 is 0. The second-order valence-corrected chi connectivity index (χ2v) is 6.72. The molecule has 7 nitrogen and oxygen atoms in total. The van der Waals surface area contributed by atoms with Crippen molar-refractivity contribution in [2.75, 3.05) is 6.61 Å². The number of esters is 1. The number of ether oxygens (including phenoxy) is 1. The third-order valence-electron chi connectivity index (χ3n) is 4.50. The van der Waals surface area contributed by atoms with Gasteiger partial charge in [-0.25, -0.2) is 9.78 Å². The van der Waals surface area contributed by atoms with E-state index in [0.29, 0.717) is 12.1 Å². The molecule has 0 aliphatic carbocycles. The number of fused-ring (bicyclic) bond motifs is 1. The second kappa shape index (κ2) is 9.30. The van der Waals surface area contributed by atoms with Gasteiger partial charge in [-0.15, -0.1) is 0 Å². The number of aromatic nitrogens is 2. The Bertz CT molecular complexity index is 862. The lowest BCUT2D eigenvalue weighted by molar-refractivity contribution is -0.150. The average Bonchev–Trinajstić information content (AvgIpc) is 2.66.